The van der Waals surface area contributed by atoms with Gasteiger partial charge in [0.1, 0.15) is 0 Å². The van der Waals surface area contributed by atoms with E-state index in [9.17, 15) is 0 Å². The van der Waals surface area contributed by atoms with Crippen molar-refractivity contribution in [1.29, 1.82) is 0 Å². The maximum atomic E-state index is 5.08. The normalized spacial score (nSPS) is 27.1. The summed E-state index contributed by atoms with van der Waals surface area (Å²) >= 11 is 0. The van der Waals surface area contributed by atoms with Gasteiger partial charge in [-0.05, 0) is 84.1 Å². The average molecular weight is 518 g/mol. The molecule has 0 N–H and O–H groups in total. The maximum Gasteiger partial charge on any atom is 0.164 e. The van der Waals surface area contributed by atoms with Crippen molar-refractivity contribution in [3.05, 3.63) is 114 Å². The summed E-state index contributed by atoms with van der Waals surface area (Å²) in [5, 5.41) is 0. The lowest BCUT2D eigenvalue weighted by atomic mass is 9.43. The van der Waals surface area contributed by atoms with Crippen LogP contribution < -0.4 is 0 Å². The number of rotatable bonds is 3. The van der Waals surface area contributed by atoms with Gasteiger partial charge in [0.25, 0.3) is 0 Å². The van der Waals surface area contributed by atoms with E-state index >= 15 is 0 Å². The number of aromatic nitrogens is 3. The van der Waals surface area contributed by atoms with Crippen LogP contribution in [0.25, 0.3) is 45.3 Å². The highest BCUT2D eigenvalue weighted by Gasteiger charge is 2.61. The van der Waals surface area contributed by atoms with Gasteiger partial charge in [0.15, 0.2) is 17.5 Å². The minimum absolute atomic E-state index is 0.132. The summed E-state index contributed by atoms with van der Waals surface area (Å²) in [4.78, 5) is 15.1. The zero-order chi connectivity index (χ0) is 26.3. The highest BCUT2D eigenvalue weighted by atomic mass is 15.0. The Labute approximate surface area is 235 Å². The molecule has 4 saturated carbocycles. The third-order valence-electron chi connectivity index (χ3n) is 10.5. The van der Waals surface area contributed by atoms with Crippen molar-refractivity contribution in [1.82, 2.24) is 15.0 Å². The molecule has 5 aliphatic carbocycles. The maximum absolute atomic E-state index is 5.08. The quantitative estimate of drug-likeness (QED) is 0.240. The Kier molecular flexibility index (Phi) is 4.79. The summed E-state index contributed by atoms with van der Waals surface area (Å²) in [7, 11) is 0. The zero-order valence-electron chi connectivity index (χ0n) is 22.5. The molecule has 5 aromatic rings. The van der Waals surface area contributed by atoms with Gasteiger partial charge in [-0.3, -0.25) is 0 Å². The van der Waals surface area contributed by atoms with Gasteiger partial charge in [0.2, 0.25) is 0 Å². The molecule has 4 fully saturated rings. The van der Waals surface area contributed by atoms with E-state index in [0.717, 1.165) is 57.8 Å². The van der Waals surface area contributed by atoms with Gasteiger partial charge >= 0.3 is 0 Å². The zero-order valence-corrected chi connectivity index (χ0v) is 22.5. The van der Waals surface area contributed by atoms with Crippen LogP contribution in [0.2, 0.25) is 0 Å². The third-order valence-corrected chi connectivity index (χ3v) is 10.5. The Hall–Kier alpha value is -4.11. The monoisotopic (exact) mass is 517 g/mol. The molecule has 194 valence electrons. The van der Waals surface area contributed by atoms with E-state index in [1.54, 1.807) is 5.56 Å². The smallest absolute Gasteiger partial charge is 0.164 e. The molecule has 3 heteroatoms. The van der Waals surface area contributed by atoms with Crippen molar-refractivity contribution in [3.63, 3.8) is 0 Å². The molecule has 0 aliphatic heterocycles. The number of fused-ring (bicyclic) bond motifs is 3. The van der Waals surface area contributed by atoms with Crippen LogP contribution in [0.3, 0.4) is 0 Å². The molecule has 0 atom stereocenters. The van der Waals surface area contributed by atoms with Crippen molar-refractivity contribution in [2.45, 2.75) is 37.5 Å². The van der Waals surface area contributed by atoms with Crippen LogP contribution in [0.5, 0.6) is 0 Å². The molecule has 0 saturated heterocycles. The fourth-order valence-corrected chi connectivity index (χ4v) is 9.23. The fraction of sp³-hybridized carbons (Fsp3) is 0.270. The Morgan fingerprint density at radius 2 is 0.950 bits per heavy atom. The van der Waals surface area contributed by atoms with E-state index in [-0.39, 0.29) is 5.41 Å². The third kappa shape index (κ3) is 3.15. The molecule has 4 bridgehead atoms. The van der Waals surface area contributed by atoms with Gasteiger partial charge in [0, 0.05) is 22.1 Å². The second-order valence-electron chi connectivity index (χ2n) is 12.5. The molecule has 1 heterocycles. The molecule has 0 unspecified atom stereocenters. The van der Waals surface area contributed by atoms with Crippen molar-refractivity contribution in [3.8, 4) is 45.3 Å². The second kappa shape index (κ2) is 8.44. The van der Waals surface area contributed by atoms with E-state index in [0.29, 0.717) is 0 Å². The molecular weight excluding hydrogens is 486 g/mol. The summed E-state index contributed by atoms with van der Waals surface area (Å²) in [6.45, 7) is 0. The average Bonchev–Trinajstić information content (AvgIpc) is 3.30. The Balaban J connectivity index is 1.25. The van der Waals surface area contributed by atoms with E-state index in [2.05, 4.69) is 66.7 Å². The predicted octanol–water partition coefficient (Wildman–Crippen LogP) is 8.60. The molecule has 1 aromatic heterocycles. The van der Waals surface area contributed by atoms with Gasteiger partial charge in [0.05, 0.1) is 0 Å². The Bertz CT molecular complexity index is 1670. The van der Waals surface area contributed by atoms with Crippen LogP contribution >= 0.6 is 0 Å². The first-order valence-corrected chi connectivity index (χ1v) is 14.9. The van der Waals surface area contributed by atoms with Gasteiger partial charge < -0.3 is 0 Å². The van der Waals surface area contributed by atoms with Crippen molar-refractivity contribution in [2.75, 3.05) is 0 Å². The van der Waals surface area contributed by atoms with Gasteiger partial charge in [-0.25, -0.2) is 15.0 Å². The van der Waals surface area contributed by atoms with Crippen molar-refractivity contribution < 1.29 is 0 Å². The summed E-state index contributed by atoms with van der Waals surface area (Å²) < 4.78 is 0. The first kappa shape index (κ1) is 22.7. The number of benzene rings is 4. The molecule has 10 rings (SSSR count). The summed E-state index contributed by atoms with van der Waals surface area (Å²) in [5.74, 6) is 5.52. The van der Waals surface area contributed by atoms with Crippen molar-refractivity contribution in [2.24, 2.45) is 23.7 Å². The minimum Gasteiger partial charge on any atom is -0.208 e. The minimum atomic E-state index is 0.132. The van der Waals surface area contributed by atoms with Crippen LogP contribution in [0.15, 0.2) is 103 Å². The van der Waals surface area contributed by atoms with Crippen LogP contribution in [0.4, 0.5) is 0 Å². The highest BCUT2D eigenvalue weighted by molar-refractivity contribution is 5.84. The van der Waals surface area contributed by atoms with Crippen molar-refractivity contribution >= 4 is 0 Å². The lowest BCUT2D eigenvalue weighted by molar-refractivity contribution is -0.0399. The standard InChI is InChI=1S/C37H31N3/c1-3-9-25(10-4-1)34-38-35(26-11-5-2-6-12-26)40-36(39-34)27-15-16-31-30-13-7-8-14-32(30)37(33(31)22-27)28-18-23-17-24(20-28)21-29(37)19-23/h1-16,22-24,28-29H,17-21H2. The lowest BCUT2D eigenvalue weighted by Gasteiger charge is -2.61. The number of hydrogen-bond donors (Lipinski definition) is 0. The van der Waals surface area contributed by atoms with E-state index in [1.165, 1.54) is 48.8 Å². The highest BCUT2D eigenvalue weighted by Crippen LogP contribution is 2.69. The molecule has 40 heavy (non-hydrogen) atoms. The predicted molar refractivity (Wildman–Crippen MR) is 159 cm³/mol. The summed E-state index contributed by atoms with van der Waals surface area (Å²) in [6.07, 6.45) is 6.99. The summed E-state index contributed by atoms with van der Waals surface area (Å²) in [5.41, 5.74) is 9.23. The molecule has 0 amide bonds. The van der Waals surface area contributed by atoms with E-state index in [1.807, 2.05) is 36.4 Å². The van der Waals surface area contributed by atoms with Gasteiger partial charge in [-0.2, -0.15) is 0 Å². The van der Waals surface area contributed by atoms with E-state index in [4.69, 9.17) is 15.0 Å². The van der Waals surface area contributed by atoms with Crippen LogP contribution in [0.1, 0.15) is 43.2 Å². The van der Waals surface area contributed by atoms with Gasteiger partial charge in [-0.15, -0.1) is 0 Å². The fourth-order valence-electron chi connectivity index (χ4n) is 9.23. The molecule has 5 aliphatic rings. The Morgan fingerprint density at radius 3 is 1.55 bits per heavy atom. The first-order valence-electron chi connectivity index (χ1n) is 14.9. The molecule has 1 spiro atoms. The number of nitrogens with zero attached hydrogens (tertiary/aromatic N) is 3. The first-order chi connectivity index (χ1) is 19.8. The van der Waals surface area contributed by atoms with Crippen LogP contribution in [0, 0.1) is 23.7 Å². The molecular formula is C37H31N3. The van der Waals surface area contributed by atoms with Crippen LogP contribution in [-0.4, -0.2) is 15.0 Å². The van der Waals surface area contributed by atoms with Gasteiger partial charge in [-0.1, -0.05) is 97.1 Å². The van der Waals surface area contributed by atoms with E-state index < -0.39 is 0 Å². The Morgan fingerprint density at radius 1 is 0.450 bits per heavy atom. The largest absolute Gasteiger partial charge is 0.208 e. The topological polar surface area (TPSA) is 38.7 Å². The molecule has 4 aromatic carbocycles. The summed E-state index contributed by atoms with van der Waals surface area (Å²) in [6, 6.07) is 36.9. The second-order valence-corrected chi connectivity index (χ2v) is 12.5. The number of hydrogen-bond acceptors (Lipinski definition) is 3. The SMILES string of the molecule is c1ccc(-c2nc(-c3ccccc3)nc(-c3ccc4c(c3)C3(c5ccccc5-4)C4CC5CC(C4)CC3C5)n2)cc1. The molecule has 3 nitrogen and oxygen atoms in total. The molecule has 0 radical (unpaired) electrons. The van der Waals surface area contributed by atoms with Crippen LogP contribution in [-0.2, 0) is 5.41 Å². The lowest BCUT2D eigenvalue weighted by Crippen LogP contribution is -2.55.